The quantitative estimate of drug-likeness (QED) is 0.598. The first-order valence-corrected chi connectivity index (χ1v) is 7.43. The first-order chi connectivity index (χ1) is 10.6. The van der Waals surface area contributed by atoms with Crippen LogP contribution in [-0.4, -0.2) is 7.98 Å². The Morgan fingerprint density at radius 2 is 1.36 bits per heavy atom. The van der Waals surface area contributed by atoms with Gasteiger partial charge >= 0.3 is 0 Å². The van der Waals surface area contributed by atoms with Crippen LogP contribution in [0.5, 0.6) is 0 Å². The highest BCUT2D eigenvalue weighted by Gasteiger charge is 2.07. The lowest BCUT2D eigenvalue weighted by Gasteiger charge is -2.23. The highest BCUT2D eigenvalue weighted by Crippen LogP contribution is 2.29. The molecule has 0 N–H and O–H groups in total. The van der Waals surface area contributed by atoms with Crippen molar-refractivity contribution in [1.29, 1.82) is 0 Å². The highest BCUT2D eigenvalue weighted by atomic mass is 15.0. The van der Waals surface area contributed by atoms with Crippen LogP contribution >= 0.6 is 0 Å². The molecule has 0 amide bonds. The summed E-state index contributed by atoms with van der Waals surface area (Å²) in [5.41, 5.74) is 6.83. The van der Waals surface area contributed by atoms with E-state index in [9.17, 15) is 0 Å². The van der Waals surface area contributed by atoms with E-state index < -0.39 is 0 Å². The lowest BCUT2D eigenvalue weighted by Crippen LogP contribution is -2.13. The molecule has 3 aromatic rings. The monoisotopic (exact) mass is 283 g/mol. The minimum absolute atomic E-state index is 0.978. The molecule has 0 saturated heterocycles. The van der Waals surface area contributed by atoms with E-state index in [0.717, 1.165) is 11.4 Å². The maximum Gasteiger partial charge on any atom is 0.234 e. The molecule has 3 rings (SSSR count). The van der Waals surface area contributed by atoms with Gasteiger partial charge in [0.1, 0.15) is 0 Å². The molecule has 3 aromatic carbocycles. The molecule has 0 aliphatic rings. The summed E-state index contributed by atoms with van der Waals surface area (Å²) >= 11 is 0. The lowest BCUT2D eigenvalue weighted by atomic mass is 10.0. The molecule has 0 aliphatic carbocycles. The molecule has 22 heavy (non-hydrogen) atoms. The van der Waals surface area contributed by atoms with Crippen molar-refractivity contribution >= 4 is 19.4 Å². The van der Waals surface area contributed by atoms with Gasteiger partial charge in [0, 0.05) is 11.4 Å². The summed E-state index contributed by atoms with van der Waals surface area (Å²) in [6.07, 6.45) is 0. The van der Waals surface area contributed by atoms with E-state index in [0.29, 0.717) is 0 Å². The van der Waals surface area contributed by atoms with Gasteiger partial charge in [0.25, 0.3) is 0 Å². The van der Waals surface area contributed by atoms with Crippen molar-refractivity contribution in [3.63, 3.8) is 0 Å². The second-order valence-corrected chi connectivity index (χ2v) is 5.57. The van der Waals surface area contributed by atoms with Gasteiger partial charge in [0.05, 0.1) is 0 Å². The van der Waals surface area contributed by atoms with Gasteiger partial charge in [-0.3, -0.25) is 0 Å². The number of nitrogens with zero attached hydrogens (tertiary/aromatic N) is 1. The van der Waals surface area contributed by atoms with Gasteiger partial charge in [-0.2, -0.15) is 0 Å². The Bertz CT molecular complexity index is 763. The SMILES string of the molecule is [B]N(c1ccc(-c2ccccc2)cc1)c1ccc(C)cc1C. The number of hydrogen-bond acceptors (Lipinski definition) is 1. The molecular formula is C20H18BN. The minimum Gasteiger partial charge on any atom is -0.398 e. The Labute approximate surface area is 133 Å². The molecule has 2 radical (unpaired) electrons. The molecule has 2 heteroatoms. The summed E-state index contributed by atoms with van der Waals surface area (Å²) < 4.78 is 0. The zero-order valence-corrected chi connectivity index (χ0v) is 13.0. The van der Waals surface area contributed by atoms with E-state index in [4.69, 9.17) is 7.98 Å². The Kier molecular flexibility index (Phi) is 4.01. The summed E-state index contributed by atoms with van der Waals surface area (Å²) in [5.74, 6) is 0. The normalized spacial score (nSPS) is 10.5. The molecule has 0 spiro atoms. The van der Waals surface area contributed by atoms with Crippen LogP contribution in [0.1, 0.15) is 11.1 Å². The largest absolute Gasteiger partial charge is 0.398 e. The van der Waals surface area contributed by atoms with Crippen LogP contribution in [0.2, 0.25) is 0 Å². The first kappa shape index (κ1) is 14.5. The molecule has 1 nitrogen and oxygen atoms in total. The summed E-state index contributed by atoms with van der Waals surface area (Å²) in [6, 6.07) is 25.0. The topological polar surface area (TPSA) is 3.24 Å². The van der Waals surface area contributed by atoms with Gasteiger partial charge in [0.15, 0.2) is 0 Å². The molecule has 0 aliphatic heterocycles. The third-order valence-corrected chi connectivity index (χ3v) is 3.86. The Balaban J connectivity index is 1.89. The van der Waals surface area contributed by atoms with Crippen LogP contribution in [0.25, 0.3) is 11.1 Å². The van der Waals surface area contributed by atoms with Crippen molar-refractivity contribution < 1.29 is 0 Å². The van der Waals surface area contributed by atoms with Crippen LogP contribution in [0.15, 0.2) is 72.8 Å². The Morgan fingerprint density at radius 3 is 2.00 bits per heavy atom. The van der Waals surface area contributed by atoms with Crippen molar-refractivity contribution in [2.75, 3.05) is 4.81 Å². The van der Waals surface area contributed by atoms with Gasteiger partial charge in [0.2, 0.25) is 7.98 Å². The molecule has 0 saturated carbocycles. The summed E-state index contributed by atoms with van der Waals surface area (Å²) in [4.78, 5) is 1.74. The molecule has 0 heterocycles. The number of hydrogen-bond donors (Lipinski definition) is 0. The third kappa shape index (κ3) is 2.91. The lowest BCUT2D eigenvalue weighted by molar-refractivity contribution is 1.32. The van der Waals surface area contributed by atoms with Gasteiger partial charge in [-0.1, -0.05) is 60.2 Å². The van der Waals surface area contributed by atoms with Gasteiger partial charge in [-0.25, -0.2) is 0 Å². The maximum atomic E-state index is 6.29. The molecular weight excluding hydrogens is 265 g/mol. The van der Waals surface area contributed by atoms with Crippen molar-refractivity contribution in [2.45, 2.75) is 13.8 Å². The van der Waals surface area contributed by atoms with Crippen LogP contribution < -0.4 is 4.81 Å². The third-order valence-electron chi connectivity index (χ3n) is 3.86. The number of anilines is 2. The zero-order chi connectivity index (χ0) is 15.5. The highest BCUT2D eigenvalue weighted by molar-refractivity contribution is 6.22. The second kappa shape index (κ2) is 6.11. The molecule has 0 fully saturated rings. The van der Waals surface area contributed by atoms with Crippen molar-refractivity contribution in [3.8, 4) is 11.1 Å². The fraction of sp³-hybridized carbons (Fsp3) is 0.100. The summed E-state index contributed by atoms with van der Waals surface area (Å²) in [6.45, 7) is 4.17. The van der Waals surface area contributed by atoms with Crippen LogP contribution in [0, 0.1) is 13.8 Å². The second-order valence-electron chi connectivity index (χ2n) is 5.57. The number of rotatable bonds is 3. The number of aryl methyl sites for hydroxylation is 2. The first-order valence-electron chi connectivity index (χ1n) is 7.43. The van der Waals surface area contributed by atoms with E-state index in [1.807, 2.05) is 18.2 Å². The van der Waals surface area contributed by atoms with E-state index >= 15 is 0 Å². The average molecular weight is 283 g/mol. The van der Waals surface area contributed by atoms with Crippen molar-refractivity contribution in [2.24, 2.45) is 0 Å². The zero-order valence-electron chi connectivity index (χ0n) is 13.0. The molecule has 0 bridgehead atoms. The van der Waals surface area contributed by atoms with Gasteiger partial charge in [-0.15, -0.1) is 0 Å². The van der Waals surface area contributed by atoms with E-state index in [1.165, 1.54) is 22.3 Å². The predicted molar refractivity (Wildman–Crippen MR) is 95.7 cm³/mol. The standard InChI is InChI=1S/C20H18BN/c1-15-8-13-20(16(2)14-15)22(21)19-11-9-18(10-12-19)17-6-4-3-5-7-17/h3-14H,1-2H3. The van der Waals surface area contributed by atoms with Crippen LogP contribution in [0.4, 0.5) is 11.4 Å². The fourth-order valence-corrected chi connectivity index (χ4v) is 2.66. The fourth-order valence-electron chi connectivity index (χ4n) is 2.66. The predicted octanol–water partition coefficient (Wildman–Crippen LogP) is 5.19. The van der Waals surface area contributed by atoms with Crippen LogP contribution in [0.3, 0.4) is 0 Å². The molecule has 0 atom stereocenters. The van der Waals surface area contributed by atoms with Crippen LogP contribution in [-0.2, 0) is 0 Å². The molecule has 0 unspecified atom stereocenters. The van der Waals surface area contributed by atoms with Gasteiger partial charge in [-0.05, 0) is 48.7 Å². The number of benzene rings is 3. The van der Waals surface area contributed by atoms with Crippen molar-refractivity contribution in [1.82, 2.24) is 0 Å². The van der Waals surface area contributed by atoms with E-state index in [-0.39, 0.29) is 0 Å². The van der Waals surface area contributed by atoms with E-state index in [2.05, 4.69) is 68.4 Å². The summed E-state index contributed by atoms with van der Waals surface area (Å²) in [7, 11) is 6.29. The van der Waals surface area contributed by atoms with Crippen molar-refractivity contribution in [3.05, 3.63) is 83.9 Å². The van der Waals surface area contributed by atoms with E-state index in [1.54, 1.807) is 4.81 Å². The Hall–Kier alpha value is -2.48. The van der Waals surface area contributed by atoms with Gasteiger partial charge < -0.3 is 4.81 Å². The minimum atomic E-state index is 0.978. The molecule has 0 aromatic heterocycles. The smallest absolute Gasteiger partial charge is 0.234 e. The average Bonchev–Trinajstić information content (AvgIpc) is 2.55. The Morgan fingerprint density at radius 1 is 0.727 bits per heavy atom. The summed E-state index contributed by atoms with van der Waals surface area (Å²) in [5, 5.41) is 0. The maximum absolute atomic E-state index is 6.29. The molecule has 106 valence electrons.